The average molecular weight is 716 g/mol. The molecule has 3 aromatic rings. The number of benzene rings is 2. The second-order valence-electron chi connectivity index (χ2n) is 15.1. The zero-order valence-electron chi connectivity index (χ0n) is 29.9. The van der Waals surface area contributed by atoms with E-state index in [0.717, 1.165) is 42.9 Å². The summed E-state index contributed by atoms with van der Waals surface area (Å²) in [6.07, 6.45) is 7.56. The highest BCUT2D eigenvalue weighted by Gasteiger charge is 2.49. The summed E-state index contributed by atoms with van der Waals surface area (Å²) in [6, 6.07) is 10.5. The van der Waals surface area contributed by atoms with Crippen LogP contribution in [0.3, 0.4) is 0 Å². The van der Waals surface area contributed by atoms with Crippen molar-refractivity contribution in [2.75, 3.05) is 19.8 Å². The summed E-state index contributed by atoms with van der Waals surface area (Å²) in [5.74, 6) is -3.36. The van der Waals surface area contributed by atoms with Crippen molar-refractivity contribution < 1.29 is 33.8 Å². The molecule has 0 radical (unpaired) electrons. The number of hydrogen-bond donors (Lipinski definition) is 4. The average Bonchev–Trinajstić information content (AvgIpc) is 3.75. The predicted octanol–water partition coefficient (Wildman–Crippen LogP) is 2.68. The molecule has 2 aromatic carbocycles. The zero-order valence-corrected chi connectivity index (χ0v) is 29.9. The van der Waals surface area contributed by atoms with E-state index in [1.54, 1.807) is 26.0 Å². The smallest absolute Gasteiger partial charge is 0.287 e. The number of fused-ring (bicyclic) bond motifs is 1. The maximum absolute atomic E-state index is 14.9. The Bertz CT molecular complexity index is 1800. The number of Topliss-reactive ketones (excluding diaryl/α,β-unsaturated/α-hetero) is 1. The van der Waals surface area contributed by atoms with Gasteiger partial charge in [0.1, 0.15) is 23.2 Å². The number of carbonyl (C=O) groups excluding carboxylic acids is 5. The molecular weight excluding hydrogens is 666 g/mol. The van der Waals surface area contributed by atoms with Gasteiger partial charge in [-0.1, -0.05) is 67.6 Å². The molecule has 1 saturated carbocycles. The quantitative estimate of drug-likeness (QED) is 0.216. The summed E-state index contributed by atoms with van der Waals surface area (Å²) < 4.78 is 7.08. The van der Waals surface area contributed by atoms with Gasteiger partial charge < -0.3 is 31.1 Å². The van der Waals surface area contributed by atoms with Crippen LogP contribution in [0.5, 0.6) is 0 Å². The molecule has 0 unspecified atom stereocenters. The maximum Gasteiger partial charge on any atom is 0.287 e. The minimum Gasteiger partial charge on any atom is -0.384 e. The van der Waals surface area contributed by atoms with Gasteiger partial charge in [0.2, 0.25) is 17.6 Å². The summed E-state index contributed by atoms with van der Waals surface area (Å²) in [4.78, 5) is 70.1. The molecule has 4 amide bonds. The number of hydrogen-bond acceptors (Lipinski definition) is 9. The van der Waals surface area contributed by atoms with Crippen molar-refractivity contribution in [3.63, 3.8) is 0 Å². The number of ketones is 1. The molecule has 1 aliphatic carbocycles. The lowest BCUT2D eigenvalue weighted by atomic mass is 9.84. The molecule has 2 saturated heterocycles. The molecule has 14 nitrogen and oxygen atoms in total. The molecule has 3 fully saturated rings. The summed E-state index contributed by atoms with van der Waals surface area (Å²) >= 11 is 0. The Kier molecular flexibility index (Phi) is 11.1. The number of aromatic nitrogens is 3. The van der Waals surface area contributed by atoms with E-state index in [-0.39, 0.29) is 38.3 Å². The minimum atomic E-state index is -1.59. The number of nitrogens with one attached hydrogen (secondary N) is 2. The van der Waals surface area contributed by atoms with Gasteiger partial charge in [0.05, 0.1) is 17.9 Å². The van der Waals surface area contributed by atoms with Gasteiger partial charge in [0, 0.05) is 38.2 Å². The Labute approximate surface area is 302 Å². The highest BCUT2D eigenvalue weighted by Crippen LogP contribution is 2.34. The first kappa shape index (κ1) is 37.1. The van der Waals surface area contributed by atoms with Crippen molar-refractivity contribution >= 4 is 40.2 Å². The lowest BCUT2D eigenvalue weighted by Crippen LogP contribution is -2.62. The Morgan fingerprint density at radius 1 is 1.02 bits per heavy atom. The summed E-state index contributed by atoms with van der Waals surface area (Å²) in [5.41, 5.74) is 3.37. The normalized spacial score (nSPS) is 23.5. The Hall–Kier alpha value is -4.69. The molecule has 52 heavy (non-hydrogen) atoms. The van der Waals surface area contributed by atoms with Crippen molar-refractivity contribution in [1.29, 1.82) is 0 Å². The van der Waals surface area contributed by atoms with Crippen LogP contribution in [0.15, 0.2) is 48.7 Å². The first-order chi connectivity index (χ1) is 24.9. The van der Waals surface area contributed by atoms with Gasteiger partial charge in [-0.2, -0.15) is 0 Å². The topological polar surface area (TPSA) is 199 Å². The lowest BCUT2D eigenvalue weighted by molar-refractivity contribution is -0.145. The zero-order chi connectivity index (χ0) is 37.0. The van der Waals surface area contributed by atoms with Gasteiger partial charge in [0.15, 0.2) is 0 Å². The van der Waals surface area contributed by atoms with Crippen LogP contribution in [-0.4, -0.2) is 91.8 Å². The van der Waals surface area contributed by atoms with Crippen LogP contribution in [0, 0.1) is 5.92 Å². The number of rotatable bonds is 11. The molecule has 278 valence electrons. The largest absolute Gasteiger partial charge is 0.384 e. The lowest BCUT2D eigenvalue weighted by Gasteiger charge is -2.35. The highest BCUT2D eigenvalue weighted by molar-refractivity contribution is 6.39. The van der Waals surface area contributed by atoms with Gasteiger partial charge in [-0.15, -0.1) is 5.10 Å². The van der Waals surface area contributed by atoms with E-state index in [9.17, 15) is 29.1 Å². The molecule has 1 aromatic heterocycles. The second-order valence-corrected chi connectivity index (χ2v) is 15.1. The van der Waals surface area contributed by atoms with Gasteiger partial charge >= 0.3 is 0 Å². The minimum absolute atomic E-state index is 0.0241. The number of likely N-dealkylation sites (tertiary alicyclic amines) is 1. The van der Waals surface area contributed by atoms with Crippen LogP contribution < -0.4 is 16.4 Å². The van der Waals surface area contributed by atoms with Crippen molar-refractivity contribution in [2.24, 2.45) is 11.7 Å². The van der Waals surface area contributed by atoms with Crippen LogP contribution in [0.2, 0.25) is 0 Å². The second kappa shape index (κ2) is 15.5. The van der Waals surface area contributed by atoms with Gasteiger partial charge in [-0.3, -0.25) is 24.0 Å². The van der Waals surface area contributed by atoms with E-state index in [2.05, 4.69) is 20.9 Å². The predicted molar refractivity (Wildman–Crippen MR) is 191 cm³/mol. The molecule has 2 aliphatic heterocycles. The number of aliphatic hydroxyl groups is 1. The van der Waals surface area contributed by atoms with Crippen LogP contribution in [-0.2, 0) is 29.5 Å². The fraction of sp³-hybridized carbons (Fsp3) is 0.553. The van der Waals surface area contributed by atoms with Crippen molar-refractivity contribution in [1.82, 2.24) is 30.5 Å². The van der Waals surface area contributed by atoms with E-state index in [1.807, 2.05) is 30.3 Å². The van der Waals surface area contributed by atoms with Crippen molar-refractivity contribution in [3.8, 4) is 0 Å². The summed E-state index contributed by atoms with van der Waals surface area (Å²) in [6.45, 7) is 3.70. The molecule has 4 atom stereocenters. The van der Waals surface area contributed by atoms with Crippen LogP contribution in [0.4, 0.5) is 0 Å². The number of carbonyl (C=O) groups is 5. The molecule has 6 rings (SSSR count). The van der Waals surface area contributed by atoms with E-state index in [4.69, 9.17) is 10.5 Å². The van der Waals surface area contributed by atoms with E-state index in [1.165, 1.54) is 15.8 Å². The standard InChI is InChI=1S/C38H49N7O7/c1-37(2,51)31-22-40-43-45(31)28-21-30(35(49)42-38(32(46)33(39)47)15-8-17-52-18-16-38)44(23-28)36(50)29(19-24-9-4-3-5-10-24)41-34(48)27-14-13-25-11-6-7-12-26(25)20-27/h6-7,11-14,20,22,24,28-30,51H,3-5,8-10,15-19,21,23H2,1-2H3,(H2,39,47)(H,41,48)(H,42,49)/t28-,29+,30-,38+/m0/s1. The number of ether oxygens (including phenoxy) is 1. The molecule has 3 heterocycles. The SMILES string of the molecule is CC(C)(O)c1cnnn1[C@H]1C[C@@H](C(=O)N[C@]2(C(=O)C(N)=O)CCCOCC2)N(C(=O)[C@@H](CC2CCCCC2)NC(=O)c2ccc3ccccc3c2)C1. The summed E-state index contributed by atoms with van der Waals surface area (Å²) in [7, 11) is 0. The fourth-order valence-electron chi connectivity index (χ4n) is 8.10. The Morgan fingerprint density at radius 2 is 1.77 bits per heavy atom. The van der Waals surface area contributed by atoms with Gasteiger partial charge in [-0.05, 0) is 61.9 Å². The fourth-order valence-corrected chi connectivity index (χ4v) is 8.10. The van der Waals surface area contributed by atoms with Crippen molar-refractivity contribution in [2.45, 2.75) is 107 Å². The van der Waals surface area contributed by atoms with Gasteiger partial charge in [-0.25, -0.2) is 4.68 Å². The van der Waals surface area contributed by atoms with E-state index >= 15 is 0 Å². The third-order valence-corrected chi connectivity index (χ3v) is 10.9. The molecule has 5 N–H and O–H groups in total. The molecular formula is C38H49N7O7. The van der Waals surface area contributed by atoms with Crippen LogP contribution >= 0.6 is 0 Å². The molecule has 0 bridgehead atoms. The monoisotopic (exact) mass is 715 g/mol. The first-order valence-electron chi connectivity index (χ1n) is 18.3. The number of nitrogens with two attached hydrogens (primary N) is 1. The molecule has 0 spiro atoms. The number of primary amides is 1. The Balaban J connectivity index is 1.34. The number of nitrogens with zero attached hydrogens (tertiary/aromatic N) is 4. The van der Waals surface area contributed by atoms with Crippen molar-refractivity contribution in [3.05, 3.63) is 59.9 Å². The number of amides is 4. The summed E-state index contributed by atoms with van der Waals surface area (Å²) in [5, 5.41) is 26.9. The third kappa shape index (κ3) is 8.02. The van der Waals surface area contributed by atoms with Gasteiger partial charge in [0.25, 0.3) is 11.8 Å². The highest BCUT2D eigenvalue weighted by atomic mass is 16.5. The third-order valence-electron chi connectivity index (χ3n) is 10.9. The van der Waals surface area contributed by atoms with Crippen LogP contribution in [0.25, 0.3) is 10.8 Å². The van der Waals surface area contributed by atoms with Crippen LogP contribution in [0.1, 0.15) is 100 Å². The Morgan fingerprint density at radius 3 is 2.50 bits per heavy atom. The first-order valence-corrected chi connectivity index (χ1v) is 18.3. The molecule has 3 aliphatic rings. The van der Waals surface area contributed by atoms with E-state index < -0.39 is 58.7 Å². The molecule has 14 heteroatoms. The van der Waals surface area contributed by atoms with E-state index in [0.29, 0.717) is 30.7 Å². The maximum atomic E-state index is 14.9.